The van der Waals surface area contributed by atoms with E-state index in [4.69, 9.17) is 28.9 Å². The number of likely N-dealkylation sites (tertiary alicyclic amines) is 1. The highest BCUT2D eigenvalue weighted by molar-refractivity contribution is 7.71. The van der Waals surface area contributed by atoms with E-state index in [-0.39, 0.29) is 0 Å². The first-order valence-corrected chi connectivity index (χ1v) is 9.13. The molecule has 124 valence electrons. The summed E-state index contributed by atoms with van der Waals surface area (Å²) in [5, 5.41) is 5.48. The lowest BCUT2D eigenvalue weighted by Gasteiger charge is -2.31. The van der Waals surface area contributed by atoms with Crippen LogP contribution in [0.4, 0.5) is 0 Å². The van der Waals surface area contributed by atoms with Gasteiger partial charge in [-0.1, -0.05) is 30.7 Å². The van der Waals surface area contributed by atoms with Crippen LogP contribution in [-0.4, -0.2) is 26.9 Å². The quantitative estimate of drug-likeness (QED) is 0.857. The van der Waals surface area contributed by atoms with E-state index in [0.717, 1.165) is 28.9 Å². The van der Waals surface area contributed by atoms with Gasteiger partial charge in [0.15, 0.2) is 12.5 Å². The number of aromatic nitrogens is 3. The Hall–Kier alpha value is -1.17. The molecule has 3 rings (SSSR count). The highest BCUT2D eigenvalue weighted by Crippen LogP contribution is 2.25. The molecule has 0 aliphatic carbocycles. The van der Waals surface area contributed by atoms with Gasteiger partial charge in [0.2, 0.25) is 4.77 Å². The second kappa shape index (κ2) is 7.16. The third-order valence-electron chi connectivity index (χ3n) is 4.88. The van der Waals surface area contributed by atoms with Crippen LogP contribution in [0, 0.1) is 4.77 Å². The maximum atomic E-state index is 6.33. The molecule has 1 fully saturated rings. The zero-order valence-corrected chi connectivity index (χ0v) is 15.3. The number of hydrogen-bond donors (Lipinski definition) is 1. The topological polar surface area (TPSA) is 27.2 Å². The molecule has 2 aromatic rings. The normalized spacial score (nSPS) is 21.5. The van der Waals surface area contributed by atoms with Gasteiger partial charge in [0.1, 0.15) is 0 Å². The Morgan fingerprint density at radius 3 is 2.87 bits per heavy atom. The lowest BCUT2D eigenvalue weighted by molar-refractivity contribution is -0.953. The second-order valence-electron chi connectivity index (χ2n) is 6.31. The van der Waals surface area contributed by atoms with Crippen molar-refractivity contribution in [2.24, 2.45) is 7.05 Å². The average molecular weight is 352 g/mol. The summed E-state index contributed by atoms with van der Waals surface area (Å²) in [4.78, 5) is 1.60. The molecule has 0 amide bonds. The van der Waals surface area contributed by atoms with E-state index in [2.05, 4.69) is 6.92 Å². The Balaban J connectivity index is 1.91. The fraction of sp³-hybridized carbons (Fsp3) is 0.529. The van der Waals surface area contributed by atoms with Crippen LogP contribution >= 0.6 is 23.8 Å². The maximum Gasteiger partial charge on any atom is 0.202 e. The van der Waals surface area contributed by atoms with Gasteiger partial charge in [0, 0.05) is 12.6 Å². The molecule has 1 saturated heterocycles. The van der Waals surface area contributed by atoms with E-state index in [1.165, 1.54) is 32.2 Å². The molecule has 1 aromatic heterocycles. The van der Waals surface area contributed by atoms with Gasteiger partial charge in [-0.05, 0) is 50.0 Å². The molecule has 0 saturated carbocycles. The molecule has 4 nitrogen and oxygen atoms in total. The number of nitrogens with one attached hydrogen (secondary N) is 1. The van der Waals surface area contributed by atoms with Gasteiger partial charge in [-0.2, -0.15) is 4.68 Å². The lowest BCUT2D eigenvalue weighted by atomic mass is 10.0. The molecule has 1 aliphatic rings. The minimum atomic E-state index is 0.708. The van der Waals surface area contributed by atoms with Crippen molar-refractivity contribution in [2.45, 2.75) is 45.3 Å². The van der Waals surface area contributed by atoms with Crippen LogP contribution in [0.3, 0.4) is 0 Å². The number of halogens is 1. The molecule has 1 N–H and O–H groups in total. The lowest BCUT2D eigenvalue weighted by Crippen LogP contribution is -3.15. The SMILES string of the molecule is CC[C@H]1CCCC[NH+]1Cn1nc(-c2ccccc2Cl)n(C)c1=S. The van der Waals surface area contributed by atoms with Crippen LogP contribution < -0.4 is 4.90 Å². The fourth-order valence-electron chi connectivity index (χ4n) is 3.51. The van der Waals surface area contributed by atoms with E-state index < -0.39 is 0 Å². The predicted molar refractivity (Wildman–Crippen MR) is 96.2 cm³/mol. The summed E-state index contributed by atoms with van der Waals surface area (Å²) in [6.45, 7) is 4.33. The third kappa shape index (κ3) is 3.37. The molecule has 0 radical (unpaired) electrons. The van der Waals surface area contributed by atoms with Crippen molar-refractivity contribution in [3.05, 3.63) is 34.1 Å². The van der Waals surface area contributed by atoms with Crippen molar-refractivity contribution in [3.8, 4) is 11.4 Å². The zero-order valence-electron chi connectivity index (χ0n) is 13.8. The molecular weight excluding hydrogens is 328 g/mol. The van der Waals surface area contributed by atoms with Crippen LogP contribution in [0.25, 0.3) is 11.4 Å². The Kier molecular flexibility index (Phi) is 5.19. The average Bonchev–Trinajstić information content (AvgIpc) is 2.84. The number of nitrogens with zero attached hydrogens (tertiary/aromatic N) is 3. The van der Waals surface area contributed by atoms with Gasteiger partial charge in [0.05, 0.1) is 17.6 Å². The Morgan fingerprint density at radius 2 is 2.13 bits per heavy atom. The van der Waals surface area contributed by atoms with Crippen molar-refractivity contribution in [1.82, 2.24) is 14.3 Å². The highest BCUT2D eigenvalue weighted by Gasteiger charge is 2.25. The van der Waals surface area contributed by atoms with Gasteiger partial charge in [-0.25, -0.2) is 0 Å². The molecule has 0 spiro atoms. The Bertz CT molecular complexity index is 736. The standard InChI is InChI=1S/C17H23ClN4S/c1-3-13-8-6-7-11-21(13)12-22-17(23)20(2)16(19-22)14-9-4-5-10-15(14)18/h4-5,9-10,13H,3,6-8,11-12H2,1-2H3/p+1/t13-/m0/s1. The van der Waals surface area contributed by atoms with Crippen LogP contribution in [0.2, 0.25) is 5.02 Å². The third-order valence-corrected chi connectivity index (χ3v) is 5.69. The first-order valence-electron chi connectivity index (χ1n) is 8.35. The van der Waals surface area contributed by atoms with Crippen molar-refractivity contribution in [1.29, 1.82) is 0 Å². The molecule has 1 unspecified atom stereocenters. The predicted octanol–water partition coefficient (Wildman–Crippen LogP) is 3.08. The number of benzene rings is 1. The largest absolute Gasteiger partial charge is 0.314 e. The van der Waals surface area contributed by atoms with Gasteiger partial charge >= 0.3 is 0 Å². The Morgan fingerprint density at radius 1 is 1.35 bits per heavy atom. The first kappa shape index (κ1) is 16.7. The summed E-state index contributed by atoms with van der Waals surface area (Å²) in [6.07, 6.45) is 5.17. The van der Waals surface area contributed by atoms with Gasteiger partial charge in [-0.3, -0.25) is 0 Å². The minimum absolute atomic E-state index is 0.708. The summed E-state index contributed by atoms with van der Waals surface area (Å²) in [6, 6.07) is 8.51. The molecule has 2 heterocycles. The smallest absolute Gasteiger partial charge is 0.202 e. The molecule has 0 bridgehead atoms. The number of quaternary nitrogens is 1. The summed E-state index contributed by atoms with van der Waals surface area (Å²) < 4.78 is 4.69. The van der Waals surface area contributed by atoms with Crippen molar-refractivity contribution in [3.63, 3.8) is 0 Å². The van der Waals surface area contributed by atoms with E-state index >= 15 is 0 Å². The summed E-state index contributed by atoms with van der Waals surface area (Å²) in [5.74, 6) is 0.838. The van der Waals surface area contributed by atoms with Crippen molar-refractivity contribution >= 4 is 23.8 Å². The minimum Gasteiger partial charge on any atom is -0.314 e. The van der Waals surface area contributed by atoms with Crippen LogP contribution in [0.1, 0.15) is 32.6 Å². The van der Waals surface area contributed by atoms with Gasteiger partial charge in [-0.15, -0.1) is 5.10 Å². The van der Waals surface area contributed by atoms with Crippen molar-refractivity contribution in [2.75, 3.05) is 6.54 Å². The number of piperidine rings is 1. The summed E-state index contributed by atoms with van der Waals surface area (Å²) >= 11 is 11.9. The Labute approximate surface area is 147 Å². The molecule has 1 aromatic carbocycles. The zero-order chi connectivity index (χ0) is 16.4. The molecule has 2 atom stereocenters. The fourth-order valence-corrected chi connectivity index (χ4v) is 3.92. The van der Waals surface area contributed by atoms with Crippen LogP contribution in [0.5, 0.6) is 0 Å². The van der Waals surface area contributed by atoms with Crippen molar-refractivity contribution < 1.29 is 4.90 Å². The molecular formula is C17H24ClN4S+. The summed E-state index contributed by atoms with van der Waals surface area (Å²) in [5.41, 5.74) is 0.933. The van der Waals surface area contributed by atoms with E-state index in [0.29, 0.717) is 5.02 Å². The van der Waals surface area contributed by atoms with Gasteiger partial charge in [0.25, 0.3) is 0 Å². The second-order valence-corrected chi connectivity index (χ2v) is 7.08. The first-order chi connectivity index (χ1) is 11.1. The molecule has 1 aliphatic heterocycles. The summed E-state index contributed by atoms with van der Waals surface area (Å²) in [7, 11) is 1.97. The van der Waals surface area contributed by atoms with E-state index in [1.54, 1.807) is 4.90 Å². The number of rotatable bonds is 4. The highest BCUT2D eigenvalue weighted by atomic mass is 35.5. The number of hydrogen-bond acceptors (Lipinski definition) is 2. The van der Waals surface area contributed by atoms with Crippen LogP contribution in [0.15, 0.2) is 24.3 Å². The molecule has 23 heavy (non-hydrogen) atoms. The van der Waals surface area contributed by atoms with E-state index in [9.17, 15) is 0 Å². The van der Waals surface area contributed by atoms with Crippen LogP contribution in [-0.2, 0) is 13.7 Å². The van der Waals surface area contributed by atoms with E-state index in [1.807, 2.05) is 40.6 Å². The maximum absolute atomic E-state index is 6.33. The van der Waals surface area contributed by atoms with Gasteiger partial charge < -0.3 is 9.47 Å². The monoisotopic (exact) mass is 351 g/mol. The molecule has 6 heteroatoms.